The average molecular weight is 215 g/mol. The van der Waals surface area contributed by atoms with Crippen LogP contribution in [0.2, 0.25) is 0 Å². The summed E-state index contributed by atoms with van der Waals surface area (Å²) in [4.78, 5) is 0. The lowest BCUT2D eigenvalue weighted by Crippen LogP contribution is -2.17. The smallest absolute Gasteiger partial charge is 0.130 e. The van der Waals surface area contributed by atoms with Gasteiger partial charge in [-0.05, 0) is 31.5 Å². The van der Waals surface area contributed by atoms with Crippen LogP contribution in [0.3, 0.4) is 0 Å². The Bertz CT molecular complexity index is 284. The minimum absolute atomic E-state index is 0.0708. The third-order valence-electron chi connectivity index (χ3n) is 2.13. The molecular weight excluding hydrogens is 200 g/mol. The van der Waals surface area contributed by atoms with Crippen LogP contribution in [-0.2, 0) is 6.54 Å². The molecule has 4 heteroatoms. The molecule has 0 aromatic heterocycles. The van der Waals surface area contributed by atoms with Crippen molar-refractivity contribution in [1.29, 1.82) is 0 Å². The fraction of sp³-hybridized carbons (Fsp3) is 0.455. The molecule has 0 unspecified atom stereocenters. The van der Waals surface area contributed by atoms with Gasteiger partial charge in [-0.3, -0.25) is 0 Å². The van der Waals surface area contributed by atoms with E-state index < -0.39 is 11.6 Å². The van der Waals surface area contributed by atoms with Gasteiger partial charge in [-0.2, -0.15) is 0 Å². The molecule has 0 aliphatic rings. The van der Waals surface area contributed by atoms with Crippen LogP contribution in [0.5, 0.6) is 0 Å². The minimum atomic E-state index is -0.523. The number of rotatable bonds is 6. The Morgan fingerprint density at radius 3 is 2.40 bits per heavy atom. The Balaban J connectivity index is 2.37. The van der Waals surface area contributed by atoms with E-state index in [4.69, 9.17) is 5.11 Å². The summed E-state index contributed by atoms with van der Waals surface area (Å²) in [6.45, 7) is 0.980. The zero-order chi connectivity index (χ0) is 11.1. The molecule has 0 bridgehead atoms. The van der Waals surface area contributed by atoms with Gasteiger partial charge in [0.15, 0.2) is 0 Å². The molecule has 0 amide bonds. The fourth-order valence-corrected chi connectivity index (χ4v) is 1.28. The van der Waals surface area contributed by atoms with E-state index in [0.29, 0.717) is 13.0 Å². The monoisotopic (exact) mass is 215 g/mol. The van der Waals surface area contributed by atoms with Gasteiger partial charge >= 0.3 is 0 Å². The van der Waals surface area contributed by atoms with Crippen molar-refractivity contribution in [3.63, 3.8) is 0 Å². The molecule has 2 N–H and O–H groups in total. The zero-order valence-corrected chi connectivity index (χ0v) is 8.47. The summed E-state index contributed by atoms with van der Waals surface area (Å²) in [5, 5.41) is 11.5. The maximum absolute atomic E-state index is 13.1. The highest BCUT2D eigenvalue weighted by molar-refractivity contribution is 5.19. The molecule has 0 spiro atoms. The standard InChI is InChI=1S/C11H15F2NO/c12-10-4-3-5-11(13)9(10)8-14-6-1-2-7-15/h3-5,14-15H,1-2,6-8H2. The summed E-state index contributed by atoms with van der Waals surface area (Å²) < 4.78 is 26.2. The number of hydrogen-bond acceptors (Lipinski definition) is 2. The third kappa shape index (κ3) is 3.93. The van der Waals surface area contributed by atoms with Crippen LogP contribution in [0, 0.1) is 11.6 Å². The predicted molar refractivity (Wildman–Crippen MR) is 54.4 cm³/mol. The molecule has 0 radical (unpaired) electrons. The number of hydrogen-bond donors (Lipinski definition) is 2. The minimum Gasteiger partial charge on any atom is -0.396 e. The molecule has 15 heavy (non-hydrogen) atoms. The first-order valence-corrected chi connectivity index (χ1v) is 5.00. The van der Waals surface area contributed by atoms with Crippen molar-refractivity contribution in [2.24, 2.45) is 0 Å². The number of benzene rings is 1. The Kier molecular flexibility index (Phi) is 5.21. The molecule has 2 nitrogen and oxygen atoms in total. The summed E-state index contributed by atoms with van der Waals surface area (Å²) in [6.07, 6.45) is 1.50. The highest BCUT2D eigenvalue weighted by Crippen LogP contribution is 2.11. The molecule has 1 aromatic rings. The fourth-order valence-electron chi connectivity index (χ4n) is 1.28. The van der Waals surface area contributed by atoms with Gasteiger partial charge in [0.1, 0.15) is 11.6 Å². The number of unbranched alkanes of at least 4 members (excludes halogenated alkanes) is 1. The van der Waals surface area contributed by atoms with Crippen molar-refractivity contribution >= 4 is 0 Å². The Morgan fingerprint density at radius 1 is 1.13 bits per heavy atom. The summed E-state index contributed by atoms with van der Waals surface area (Å²) in [5.41, 5.74) is 0.0708. The lowest BCUT2D eigenvalue weighted by Gasteiger charge is -2.06. The van der Waals surface area contributed by atoms with Gasteiger partial charge in [0.2, 0.25) is 0 Å². The normalized spacial score (nSPS) is 10.6. The van der Waals surface area contributed by atoms with Crippen LogP contribution in [0.4, 0.5) is 8.78 Å². The van der Waals surface area contributed by atoms with Gasteiger partial charge in [-0.15, -0.1) is 0 Å². The van der Waals surface area contributed by atoms with E-state index >= 15 is 0 Å². The maximum Gasteiger partial charge on any atom is 0.130 e. The van der Waals surface area contributed by atoms with Crippen molar-refractivity contribution in [3.8, 4) is 0 Å². The van der Waals surface area contributed by atoms with Crippen molar-refractivity contribution in [2.45, 2.75) is 19.4 Å². The molecule has 1 rings (SSSR count). The quantitative estimate of drug-likeness (QED) is 0.709. The van der Waals surface area contributed by atoms with Crippen molar-refractivity contribution in [2.75, 3.05) is 13.2 Å². The topological polar surface area (TPSA) is 32.3 Å². The van der Waals surface area contributed by atoms with Crippen LogP contribution < -0.4 is 5.32 Å². The summed E-state index contributed by atoms with van der Waals surface area (Å²) >= 11 is 0. The lowest BCUT2D eigenvalue weighted by molar-refractivity contribution is 0.283. The Morgan fingerprint density at radius 2 is 1.80 bits per heavy atom. The van der Waals surface area contributed by atoms with Gasteiger partial charge in [0.05, 0.1) is 0 Å². The number of aliphatic hydroxyl groups excluding tert-OH is 1. The van der Waals surface area contributed by atoms with Crippen molar-refractivity contribution < 1.29 is 13.9 Å². The van der Waals surface area contributed by atoms with Crippen molar-refractivity contribution in [1.82, 2.24) is 5.32 Å². The van der Waals surface area contributed by atoms with Crippen LogP contribution in [0.15, 0.2) is 18.2 Å². The predicted octanol–water partition coefficient (Wildman–Crippen LogP) is 1.83. The first kappa shape index (κ1) is 12.1. The van der Waals surface area contributed by atoms with E-state index in [1.165, 1.54) is 18.2 Å². The van der Waals surface area contributed by atoms with Crippen LogP contribution >= 0.6 is 0 Å². The van der Waals surface area contributed by atoms with Crippen LogP contribution in [0.25, 0.3) is 0 Å². The van der Waals surface area contributed by atoms with E-state index in [1.54, 1.807) is 0 Å². The molecule has 0 aliphatic heterocycles. The van der Waals surface area contributed by atoms with E-state index in [9.17, 15) is 8.78 Å². The zero-order valence-electron chi connectivity index (χ0n) is 8.47. The second-order valence-corrected chi connectivity index (χ2v) is 3.31. The molecule has 1 aromatic carbocycles. The van der Waals surface area contributed by atoms with E-state index in [0.717, 1.165) is 6.42 Å². The van der Waals surface area contributed by atoms with E-state index in [-0.39, 0.29) is 18.7 Å². The number of halogens is 2. The highest BCUT2D eigenvalue weighted by Gasteiger charge is 2.06. The number of nitrogens with one attached hydrogen (secondary N) is 1. The highest BCUT2D eigenvalue weighted by atomic mass is 19.1. The van der Waals surface area contributed by atoms with Gasteiger partial charge in [0.25, 0.3) is 0 Å². The lowest BCUT2D eigenvalue weighted by atomic mass is 10.2. The molecule has 0 saturated heterocycles. The summed E-state index contributed by atoms with van der Waals surface area (Å²) in [5.74, 6) is -1.05. The SMILES string of the molecule is OCCCCNCc1c(F)cccc1F. The molecular formula is C11H15F2NO. The second-order valence-electron chi connectivity index (χ2n) is 3.31. The van der Waals surface area contributed by atoms with Crippen molar-refractivity contribution in [3.05, 3.63) is 35.4 Å². The Hall–Kier alpha value is -1.00. The van der Waals surface area contributed by atoms with E-state index in [1.807, 2.05) is 0 Å². The van der Waals surface area contributed by atoms with Crippen LogP contribution in [0.1, 0.15) is 18.4 Å². The Labute approximate surface area is 87.9 Å². The third-order valence-corrected chi connectivity index (χ3v) is 2.13. The van der Waals surface area contributed by atoms with Gasteiger partial charge < -0.3 is 10.4 Å². The number of aliphatic hydroxyl groups is 1. The molecule has 0 heterocycles. The average Bonchev–Trinajstić information content (AvgIpc) is 2.21. The van der Waals surface area contributed by atoms with Gasteiger partial charge in [0, 0.05) is 18.7 Å². The van der Waals surface area contributed by atoms with E-state index in [2.05, 4.69) is 5.32 Å². The first-order chi connectivity index (χ1) is 7.25. The van der Waals surface area contributed by atoms with Gasteiger partial charge in [-0.25, -0.2) is 8.78 Å². The van der Waals surface area contributed by atoms with Gasteiger partial charge in [-0.1, -0.05) is 6.07 Å². The molecule has 0 saturated carbocycles. The molecule has 0 fully saturated rings. The summed E-state index contributed by atoms with van der Waals surface area (Å²) in [6, 6.07) is 3.83. The molecule has 0 atom stereocenters. The first-order valence-electron chi connectivity index (χ1n) is 5.00. The van der Waals surface area contributed by atoms with Crippen LogP contribution in [-0.4, -0.2) is 18.3 Å². The second kappa shape index (κ2) is 6.48. The summed E-state index contributed by atoms with van der Waals surface area (Å²) in [7, 11) is 0. The maximum atomic E-state index is 13.1. The molecule has 84 valence electrons. The largest absolute Gasteiger partial charge is 0.396 e. The molecule has 0 aliphatic carbocycles.